The lowest BCUT2D eigenvalue weighted by molar-refractivity contribution is -0.115. The number of anilines is 2. The Kier molecular flexibility index (Phi) is 6.35. The number of H-pyrrole nitrogens is 1. The van der Waals surface area contributed by atoms with Crippen LogP contribution in [0.3, 0.4) is 0 Å². The van der Waals surface area contributed by atoms with E-state index in [0.717, 1.165) is 33.3 Å². The molecule has 1 aliphatic heterocycles. The van der Waals surface area contributed by atoms with Crippen molar-refractivity contribution in [2.24, 2.45) is 0 Å². The summed E-state index contributed by atoms with van der Waals surface area (Å²) < 4.78 is 5.08. The summed E-state index contributed by atoms with van der Waals surface area (Å²) >= 11 is 0. The summed E-state index contributed by atoms with van der Waals surface area (Å²) in [4.78, 5) is 37.9. The number of rotatable bonds is 6. The first-order valence-corrected chi connectivity index (χ1v) is 12.6. The number of imidazole rings is 1. The summed E-state index contributed by atoms with van der Waals surface area (Å²) in [5.74, 6) is -0.110. The molecule has 3 heterocycles. The Hall–Kier alpha value is -4.85. The molecule has 2 N–H and O–H groups in total. The van der Waals surface area contributed by atoms with E-state index in [-0.39, 0.29) is 18.2 Å². The van der Waals surface area contributed by atoms with Gasteiger partial charge in [0.1, 0.15) is 0 Å². The standard InChI is InChI=1S/C30H27N5O3/c36-29(14-21-10-13-38-19-21)33-24-9-8-23-17-35(12-11-34(28(23)15-24)18-25-16-31-20-32-25)30(37)27-7-3-5-22-4-1-2-6-26(22)27/h1-10,13,15-16,19-20H,11-12,14,17-18H2,(H,31,32)(H,33,36). The van der Waals surface area contributed by atoms with Crippen LogP contribution >= 0.6 is 0 Å². The van der Waals surface area contributed by atoms with Crippen LogP contribution in [0.25, 0.3) is 10.8 Å². The van der Waals surface area contributed by atoms with Crippen molar-refractivity contribution in [3.8, 4) is 0 Å². The van der Waals surface area contributed by atoms with Crippen LogP contribution in [0.5, 0.6) is 0 Å². The third-order valence-corrected chi connectivity index (χ3v) is 6.88. The Bertz CT molecular complexity index is 1570. The summed E-state index contributed by atoms with van der Waals surface area (Å²) in [6.45, 7) is 2.28. The second-order valence-corrected chi connectivity index (χ2v) is 9.45. The van der Waals surface area contributed by atoms with Gasteiger partial charge in [0.05, 0.1) is 37.5 Å². The van der Waals surface area contributed by atoms with Crippen molar-refractivity contribution in [1.82, 2.24) is 14.9 Å². The number of nitrogens with one attached hydrogen (secondary N) is 2. The van der Waals surface area contributed by atoms with Crippen LogP contribution in [-0.4, -0.2) is 39.8 Å². The number of nitrogens with zero attached hydrogens (tertiary/aromatic N) is 3. The molecular weight excluding hydrogens is 478 g/mol. The summed E-state index contributed by atoms with van der Waals surface area (Å²) in [5, 5.41) is 5.00. The number of fused-ring (bicyclic) bond motifs is 2. The fourth-order valence-electron chi connectivity index (χ4n) is 5.00. The number of benzene rings is 3. The van der Waals surface area contributed by atoms with Crippen molar-refractivity contribution in [2.45, 2.75) is 19.5 Å². The molecule has 6 rings (SSSR count). The molecule has 38 heavy (non-hydrogen) atoms. The van der Waals surface area contributed by atoms with E-state index in [2.05, 4.69) is 20.2 Å². The van der Waals surface area contributed by atoms with Gasteiger partial charge in [0.25, 0.3) is 5.91 Å². The largest absolute Gasteiger partial charge is 0.472 e. The van der Waals surface area contributed by atoms with Crippen LogP contribution in [0, 0.1) is 0 Å². The number of aromatic nitrogens is 2. The zero-order valence-corrected chi connectivity index (χ0v) is 20.8. The molecule has 2 amide bonds. The summed E-state index contributed by atoms with van der Waals surface area (Å²) in [6.07, 6.45) is 6.84. The topological polar surface area (TPSA) is 94.5 Å². The van der Waals surface area contributed by atoms with Gasteiger partial charge in [0.15, 0.2) is 0 Å². The molecule has 0 bridgehead atoms. The van der Waals surface area contributed by atoms with E-state index >= 15 is 0 Å². The number of amides is 2. The normalized spacial score (nSPS) is 13.3. The van der Waals surface area contributed by atoms with E-state index in [9.17, 15) is 9.59 Å². The fraction of sp³-hybridized carbons (Fsp3) is 0.167. The molecular formula is C30H27N5O3. The number of hydrogen-bond donors (Lipinski definition) is 2. The second kappa shape index (κ2) is 10.3. The van der Waals surface area contributed by atoms with Gasteiger partial charge in [-0.15, -0.1) is 0 Å². The highest BCUT2D eigenvalue weighted by Gasteiger charge is 2.25. The predicted octanol–water partition coefficient (Wildman–Crippen LogP) is 5.00. The number of aromatic amines is 1. The maximum absolute atomic E-state index is 13.8. The SMILES string of the molecule is O=C(Cc1ccoc1)Nc1ccc2c(c1)N(Cc1cnc[nH]1)CCN(C(=O)c1cccc3ccccc13)C2. The molecule has 8 nitrogen and oxygen atoms in total. The van der Waals surface area contributed by atoms with Crippen LogP contribution in [0.1, 0.15) is 27.2 Å². The molecule has 0 radical (unpaired) electrons. The van der Waals surface area contributed by atoms with Crippen molar-refractivity contribution in [3.63, 3.8) is 0 Å². The molecule has 0 unspecified atom stereocenters. The Morgan fingerprint density at radius 2 is 1.92 bits per heavy atom. The van der Waals surface area contributed by atoms with Crippen molar-refractivity contribution in [3.05, 3.63) is 114 Å². The highest BCUT2D eigenvalue weighted by molar-refractivity contribution is 6.07. The molecule has 0 saturated heterocycles. The molecule has 8 heteroatoms. The van der Waals surface area contributed by atoms with Crippen molar-refractivity contribution in [1.29, 1.82) is 0 Å². The van der Waals surface area contributed by atoms with E-state index in [1.54, 1.807) is 31.1 Å². The van der Waals surface area contributed by atoms with E-state index in [4.69, 9.17) is 4.42 Å². The molecule has 5 aromatic rings. The molecule has 0 aliphatic carbocycles. The first kappa shape index (κ1) is 23.5. The zero-order valence-electron chi connectivity index (χ0n) is 20.8. The van der Waals surface area contributed by atoms with Crippen molar-refractivity contribution < 1.29 is 14.0 Å². The highest BCUT2D eigenvalue weighted by atomic mass is 16.3. The average Bonchev–Trinajstić information content (AvgIpc) is 3.61. The lowest BCUT2D eigenvalue weighted by atomic mass is 10.0. The molecule has 0 saturated carbocycles. The maximum atomic E-state index is 13.8. The van der Waals surface area contributed by atoms with Crippen molar-refractivity contribution >= 4 is 34.0 Å². The third kappa shape index (κ3) is 4.88. The molecule has 1 aliphatic rings. The Morgan fingerprint density at radius 1 is 1.03 bits per heavy atom. The Labute approximate surface area is 219 Å². The number of carbonyl (C=O) groups is 2. The van der Waals surface area contributed by atoms with Crippen LogP contribution in [0.4, 0.5) is 11.4 Å². The van der Waals surface area contributed by atoms with Gasteiger partial charge in [-0.2, -0.15) is 0 Å². The lowest BCUT2D eigenvalue weighted by Crippen LogP contribution is -2.35. The first-order valence-electron chi connectivity index (χ1n) is 12.6. The maximum Gasteiger partial charge on any atom is 0.254 e. The van der Waals surface area contributed by atoms with E-state index < -0.39 is 0 Å². The third-order valence-electron chi connectivity index (χ3n) is 6.88. The minimum absolute atomic E-state index is 0.00799. The van der Waals surface area contributed by atoms with E-state index in [0.29, 0.717) is 37.4 Å². The van der Waals surface area contributed by atoms with Gasteiger partial charge in [0.2, 0.25) is 5.91 Å². The fourth-order valence-corrected chi connectivity index (χ4v) is 5.00. The lowest BCUT2D eigenvalue weighted by Gasteiger charge is -2.25. The number of furan rings is 1. The van der Waals surface area contributed by atoms with Gasteiger partial charge in [0, 0.05) is 42.8 Å². The monoisotopic (exact) mass is 505 g/mol. The summed E-state index contributed by atoms with van der Waals surface area (Å²) in [7, 11) is 0. The summed E-state index contributed by atoms with van der Waals surface area (Å²) in [5.41, 5.74) is 5.20. The zero-order chi connectivity index (χ0) is 25.9. The molecule has 2 aromatic heterocycles. The Morgan fingerprint density at radius 3 is 2.76 bits per heavy atom. The van der Waals surface area contributed by atoms with E-state index in [1.165, 1.54) is 0 Å². The van der Waals surface area contributed by atoms with Crippen LogP contribution in [0.15, 0.2) is 96.2 Å². The van der Waals surface area contributed by atoms with Gasteiger partial charge in [-0.05, 0) is 46.2 Å². The van der Waals surface area contributed by atoms with Gasteiger partial charge in [-0.1, -0.05) is 42.5 Å². The summed E-state index contributed by atoms with van der Waals surface area (Å²) in [6, 6.07) is 21.5. The van der Waals surface area contributed by atoms with Gasteiger partial charge in [-0.25, -0.2) is 4.98 Å². The number of hydrogen-bond acceptors (Lipinski definition) is 5. The molecule has 0 atom stereocenters. The Balaban J connectivity index is 1.29. The van der Waals surface area contributed by atoms with Crippen LogP contribution in [0.2, 0.25) is 0 Å². The predicted molar refractivity (Wildman–Crippen MR) is 146 cm³/mol. The molecule has 0 spiro atoms. The van der Waals surface area contributed by atoms with Crippen LogP contribution in [-0.2, 0) is 24.3 Å². The van der Waals surface area contributed by atoms with Gasteiger partial charge >= 0.3 is 0 Å². The number of carbonyl (C=O) groups excluding carboxylic acids is 2. The van der Waals surface area contributed by atoms with E-state index in [1.807, 2.05) is 65.6 Å². The second-order valence-electron chi connectivity index (χ2n) is 9.45. The van der Waals surface area contributed by atoms with Gasteiger partial charge < -0.3 is 24.5 Å². The van der Waals surface area contributed by atoms with Crippen molar-refractivity contribution in [2.75, 3.05) is 23.3 Å². The average molecular weight is 506 g/mol. The first-order chi connectivity index (χ1) is 18.6. The minimum Gasteiger partial charge on any atom is -0.472 e. The molecule has 0 fully saturated rings. The quantitative estimate of drug-likeness (QED) is 0.339. The highest BCUT2D eigenvalue weighted by Crippen LogP contribution is 2.31. The molecule has 3 aromatic carbocycles. The van der Waals surface area contributed by atoms with Crippen LogP contribution < -0.4 is 10.2 Å². The minimum atomic E-state index is -0.118. The molecule has 190 valence electrons. The smallest absolute Gasteiger partial charge is 0.254 e. The van der Waals surface area contributed by atoms with Gasteiger partial charge in [-0.3, -0.25) is 9.59 Å².